The van der Waals surface area contributed by atoms with E-state index in [9.17, 15) is 5.26 Å². The molecule has 3 unspecified atom stereocenters. The highest BCUT2D eigenvalue weighted by Crippen LogP contribution is 2.43. The Balaban J connectivity index is 1.65. The summed E-state index contributed by atoms with van der Waals surface area (Å²) in [5.41, 5.74) is 3.79. The third-order valence-electron chi connectivity index (χ3n) is 5.57. The van der Waals surface area contributed by atoms with E-state index < -0.39 is 0 Å². The van der Waals surface area contributed by atoms with Crippen LogP contribution in [0.3, 0.4) is 0 Å². The predicted octanol–water partition coefficient (Wildman–Crippen LogP) is 4.09. The number of fused-ring (bicyclic) bond motifs is 1. The van der Waals surface area contributed by atoms with Crippen LogP contribution < -0.4 is 0 Å². The summed E-state index contributed by atoms with van der Waals surface area (Å²) in [6, 6.07) is 21.5. The summed E-state index contributed by atoms with van der Waals surface area (Å²) in [4.78, 5) is 0. The quantitative estimate of drug-likeness (QED) is 0.846. The van der Waals surface area contributed by atoms with Crippen LogP contribution in [-0.2, 0) is 22.3 Å². The van der Waals surface area contributed by atoms with Crippen LogP contribution >= 0.6 is 0 Å². The lowest BCUT2D eigenvalue weighted by molar-refractivity contribution is -0.102. The number of nitrogens with zero attached hydrogens (tertiary/aromatic N) is 1. The van der Waals surface area contributed by atoms with E-state index in [1.54, 1.807) is 0 Å². The fourth-order valence-corrected chi connectivity index (χ4v) is 4.37. The van der Waals surface area contributed by atoms with E-state index >= 15 is 0 Å². The summed E-state index contributed by atoms with van der Waals surface area (Å²) >= 11 is 0. The molecule has 0 spiro atoms. The molecule has 2 aromatic rings. The molecule has 2 aromatic carbocycles. The molecule has 2 aliphatic rings. The lowest BCUT2D eigenvalue weighted by Gasteiger charge is -2.37. The molecular formula is C22H23NO2. The molecule has 1 heterocycles. The maximum absolute atomic E-state index is 9.93. The van der Waals surface area contributed by atoms with Gasteiger partial charge in [0.15, 0.2) is 6.29 Å². The van der Waals surface area contributed by atoms with Gasteiger partial charge in [0, 0.05) is 5.92 Å². The zero-order chi connectivity index (χ0) is 17.1. The molecule has 0 N–H and O–H groups in total. The first-order valence-electron chi connectivity index (χ1n) is 9.11. The number of benzene rings is 2. The molecule has 0 saturated carbocycles. The average Bonchev–Trinajstić information content (AvgIpc) is 3.20. The first-order valence-corrected chi connectivity index (χ1v) is 9.11. The minimum Gasteiger partial charge on any atom is -0.350 e. The monoisotopic (exact) mass is 333 g/mol. The van der Waals surface area contributed by atoms with Gasteiger partial charge < -0.3 is 9.47 Å². The normalized spacial score (nSPS) is 24.4. The second kappa shape index (κ2) is 7.39. The number of hydrogen-bond acceptors (Lipinski definition) is 3. The van der Waals surface area contributed by atoms with Crippen LogP contribution in [0.2, 0.25) is 0 Å². The van der Waals surface area contributed by atoms with E-state index in [4.69, 9.17) is 9.47 Å². The van der Waals surface area contributed by atoms with Crippen molar-refractivity contribution < 1.29 is 9.47 Å². The van der Waals surface area contributed by atoms with Crippen molar-refractivity contribution in [2.75, 3.05) is 13.2 Å². The number of rotatable bonds is 4. The smallest absolute Gasteiger partial charge is 0.161 e. The second-order valence-electron chi connectivity index (χ2n) is 6.97. The van der Waals surface area contributed by atoms with Gasteiger partial charge in [0.05, 0.1) is 25.2 Å². The van der Waals surface area contributed by atoms with Gasteiger partial charge in [0.25, 0.3) is 0 Å². The van der Waals surface area contributed by atoms with Crippen LogP contribution in [0.4, 0.5) is 0 Å². The zero-order valence-corrected chi connectivity index (χ0v) is 14.3. The first kappa shape index (κ1) is 16.3. The van der Waals surface area contributed by atoms with Gasteiger partial charge in [-0.05, 0) is 41.9 Å². The Hall–Kier alpha value is -2.15. The van der Waals surface area contributed by atoms with Crippen molar-refractivity contribution >= 4 is 0 Å². The Kier molecular flexibility index (Phi) is 4.83. The minimum atomic E-state index is -0.202. The van der Waals surface area contributed by atoms with Gasteiger partial charge in [-0.1, -0.05) is 54.6 Å². The number of nitriles is 1. The molecular weight excluding hydrogens is 310 g/mol. The lowest BCUT2D eigenvalue weighted by Crippen LogP contribution is -2.36. The van der Waals surface area contributed by atoms with Crippen LogP contribution in [0.5, 0.6) is 0 Å². The van der Waals surface area contributed by atoms with Crippen molar-refractivity contribution in [3.05, 3.63) is 71.3 Å². The third kappa shape index (κ3) is 3.33. The molecule has 1 aliphatic heterocycles. The lowest BCUT2D eigenvalue weighted by atomic mass is 9.68. The van der Waals surface area contributed by atoms with E-state index in [0.717, 1.165) is 19.3 Å². The molecule has 128 valence electrons. The van der Waals surface area contributed by atoms with E-state index in [0.29, 0.717) is 13.2 Å². The number of aryl methyl sites for hydroxylation is 1. The Morgan fingerprint density at radius 1 is 1.00 bits per heavy atom. The summed E-state index contributed by atoms with van der Waals surface area (Å²) in [6.07, 6.45) is 2.72. The first-order chi connectivity index (χ1) is 12.4. The minimum absolute atomic E-state index is 0.0912. The Morgan fingerprint density at radius 2 is 1.72 bits per heavy atom. The van der Waals surface area contributed by atoms with Crippen molar-refractivity contribution in [3.63, 3.8) is 0 Å². The standard InChI is InChI=1S/C22H23NO2/c23-15-21-18-9-5-4-8-17(18)10-11-19(21)20(22-24-12-13-25-22)14-16-6-2-1-3-7-16/h1-9,19-22H,10-14H2. The van der Waals surface area contributed by atoms with E-state index in [1.807, 2.05) is 12.1 Å². The SMILES string of the molecule is N#CC1c2ccccc2CCC1C(Cc1ccccc1)C1OCCO1. The second-order valence-corrected chi connectivity index (χ2v) is 6.97. The number of ether oxygens (including phenoxy) is 2. The molecule has 0 aromatic heterocycles. The van der Waals surface area contributed by atoms with Gasteiger partial charge in [-0.2, -0.15) is 5.26 Å². The molecule has 0 bridgehead atoms. The molecule has 1 aliphatic carbocycles. The van der Waals surface area contributed by atoms with E-state index in [2.05, 4.69) is 48.5 Å². The Morgan fingerprint density at radius 3 is 2.48 bits per heavy atom. The van der Waals surface area contributed by atoms with E-state index in [1.165, 1.54) is 16.7 Å². The molecule has 3 nitrogen and oxygen atoms in total. The summed E-state index contributed by atoms with van der Waals surface area (Å²) in [6.45, 7) is 1.30. The Labute approximate surface area is 149 Å². The summed E-state index contributed by atoms with van der Waals surface area (Å²) in [5, 5.41) is 9.93. The van der Waals surface area contributed by atoms with Gasteiger partial charge in [-0.25, -0.2) is 0 Å². The average molecular weight is 333 g/mol. The van der Waals surface area contributed by atoms with Gasteiger partial charge in [0.2, 0.25) is 0 Å². The van der Waals surface area contributed by atoms with Gasteiger partial charge >= 0.3 is 0 Å². The van der Waals surface area contributed by atoms with Crippen molar-refractivity contribution in [2.24, 2.45) is 11.8 Å². The van der Waals surface area contributed by atoms with Crippen LogP contribution in [-0.4, -0.2) is 19.5 Å². The maximum Gasteiger partial charge on any atom is 0.161 e. The summed E-state index contributed by atoms with van der Waals surface area (Å²) in [7, 11) is 0. The van der Waals surface area contributed by atoms with Crippen LogP contribution in [0.15, 0.2) is 54.6 Å². The third-order valence-corrected chi connectivity index (χ3v) is 5.57. The largest absolute Gasteiger partial charge is 0.350 e. The van der Waals surface area contributed by atoms with E-state index in [-0.39, 0.29) is 24.0 Å². The predicted molar refractivity (Wildman–Crippen MR) is 95.9 cm³/mol. The molecule has 1 saturated heterocycles. The van der Waals surface area contributed by atoms with Crippen LogP contribution in [0.25, 0.3) is 0 Å². The summed E-state index contributed by atoms with van der Waals surface area (Å²) in [5.74, 6) is 0.359. The maximum atomic E-state index is 9.93. The molecule has 0 radical (unpaired) electrons. The molecule has 4 rings (SSSR count). The molecule has 0 amide bonds. The van der Waals surface area contributed by atoms with Crippen LogP contribution in [0.1, 0.15) is 29.0 Å². The molecule has 1 fully saturated rings. The summed E-state index contributed by atoms with van der Waals surface area (Å²) < 4.78 is 11.8. The Bertz CT molecular complexity index is 746. The fraction of sp³-hybridized carbons (Fsp3) is 0.409. The molecule has 3 heteroatoms. The highest BCUT2D eigenvalue weighted by molar-refractivity contribution is 5.37. The number of hydrogen-bond donors (Lipinski definition) is 0. The van der Waals surface area contributed by atoms with Crippen molar-refractivity contribution in [3.8, 4) is 6.07 Å². The van der Waals surface area contributed by atoms with Crippen molar-refractivity contribution in [2.45, 2.75) is 31.5 Å². The van der Waals surface area contributed by atoms with Crippen LogP contribution in [0, 0.1) is 23.2 Å². The zero-order valence-electron chi connectivity index (χ0n) is 14.3. The highest BCUT2D eigenvalue weighted by atomic mass is 16.7. The fourth-order valence-electron chi connectivity index (χ4n) is 4.37. The molecule has 3 atom stereocenters. The molecule has 25 heavy (non-hydrogen) atoms. The van der Waals surface area contributed by atoms with Gasteiger partial charge in [-0.3, -0.25) is 0 Å². The van der Waals surface area contributed by atoms with Crippen molar-refractivity contribution in [1.29, 1.82) is 5.26 Å². The highest BCUT2D eigenvalue weighted by Gasteiger charge is 2.40. The van der Waals surface area contributed by atoms with Gasteiger partial charge in [0.1, 0.15) is 0 Å². The topological polar surface area (TPSA) is 42.2 Å². The van der Waals surface area contributed by atoms with Gasteiger partial charge in [-0.15, -0.1) is 0 Å². The van der Waals surface area contributed by atoms with Crippen molar-refractivity contribution in [1.82, 2.24) is 0 Å².